The van der Waals surface area contributed by atoms with Gasteiger partial charge in [-0.15, -0.1) is 45.4 Å². The van der Waals surface area contributed by atoms with E-state index >= 15 is 0 Å². The Bertz CT molecular complexity index is 66.3. The van der Waals surface area contributed by atoms with E-state index in [1.165, 1.54) is 0 Å². The van der Waals surface area contributed by atoms with Crippen LogP contribution in [0, 0.1) is 0 Å². The van der Waals surface area contributed by atoms with Crippen molar-refractivity contribution in [1.82, 2.24) is 0 Å². The maximum Gasteiger partial charge on any atom is 0.282 e. The lowest BCUT2D eigenvalue weighted by Crippen LogP contribution is -2.35. The number of hydrogen-bond acceptors (Lipinski definition) is 0. The number of hydrogen-bond donors (Lipinski definition) is 0. The summed E-state index contributed by atoms with van der Waals surface area (Å²) >= 11 is 22.4. The molecule has 0 aliphatic heterocycles. The van der Waals surface area contributed by atoms with Crippen molar-refractivity contribution in [3.63, 3.8) is 0 Å². The predicted octanol–water partition coefficient (Wildman–Crippen LogP) is 3.27. The molecule has 0 rings (SSSR count). The van der Waals surface area contributed by atoms with Gasteiger partial charge in [0.2, 0.25) is 0 Å². The van der Waals surface area contributed by atoms with E-state index in [1.807, 2.05) is 0 Å². The van der Waals surface area contributed by atoms with E-state index in [9.17, 15) is 0 Å². The van der Waals surface area contributed by atoms with Crippen LogP contribution < -0.4 is 0 Å². The van der Waals surface area contributed by atoms with Gasteiger partial charge in [-0.1, -0.05) is 0 Å². The van der Waals surface area contributed by atoms with Crippen LogP contribution in [0.25, 0.3) is 0 Å². The molecule has 0 aromatic carbocycles. The van der Waals surface area contributed by atoms with E-state index in [4.69, 9.17) is 45.4 Å². The van der Waals surface area contributed by atoms with Gasteiger partial charge in [0.15, 0.2) is 0 Å². The summed E-state index contributed by atoms with van der Waals surface area (Å²) in [6, 6.07) is 0. The number of alkyl halides is 2. The van der Waals surface area contributed by atoms with E-state index < -0.39 is 10.7 Å². The SMILES string of the molecule is CC(Cl)(Cl)[Si](C)(Cl)Cl. The normalized spacial score (nSPS) is 14.2. The van der Waals surface area contributed by atoms with Crippen LogP contribution in [0.4, 0.5) is 0 Å². The standard InChI is InChI=1S/C3H6Cl4Si/c1-3(4,5)8(2,6)7/h1-2H3. The van der Waals surface area contributed by atoms with Gasteiger partial charge in [-0.3, -0.25) is 0 Å². The maximum absolute atomic E-state index is 5.65. The van der Waals surface area contributed by atoms with Crippen molar-refractivity contribution >= 4 is 52.1 Å². The lowest BCUT2D eigenvalue weighted by atomic mass is 10.9. The highest BCUT2D eigenvalue weighted by atomic mass is 35.7. The van der Waals surface area contributed by atoms with Crippen molar-refractivity contribution in [2.24, 2.45) is 0 Å². The Labute approximate surface area is 69.5 Å². The van der Waals surface area contributed by atoms with Crippen LogP contribution in [0.15, 0.2) is 0 Å². The summed E-state index contributed by atoms with van der Waals surface area (Å²) in [7, 11) is 0. The Morgan fingerprint density at radius 3 is 1.38 bits per heavy atom. The quantitative estimate of drug-likeness (QED) is 0.355. The molecule has 0 saturated heterocycles. The molecule has 0 bridgehead atoms. The molecule has 0 radical (unpaired) electrons. The first-order valence-electron chi connectivity index (χ1n) is 2.01. The minimum absolute atomic E-state index is 0.948. The molecule has 5 heteroatoms. The molecule has 0 fully saturated rings. The first kappa shape index (κ1) is 9.38. The van der Waals surface area contributed by atoms with Gasteiger partial charge in [0.25, 0.3) is 6.69 Å². The second-order valence-corrected chi connectivity index (χ2v) is 12.0. The molecular weight excluding hydrogens is 206 g/mol. The summed E-state index contributed by atoms with van der Waals surface area (Å²) in [5.74, 6) is 0. The molecule has 0 heterocycles. The molecule has 0 N–H and O–H groups in total. The van der Waals surface area contributed by atoms with Gasteiger partial charge >= 0.3 is 0 Å². The molecule has 0 amide bonds. The average molecular weight is 212 g/mol. The fraction of sp³-hybridized carbons (Fsp3) is 1.00. The molecule has 0 spiro atoms. The van der Waals surface area contributed by atoms with Crippen LogP contribution in [0.3, 0.4) is 0 Å². The lowest BCUT2D eigenvalue weighted by molar-refractivity contribution is 1.23. The lowest BCUT2D eigenvalue weighted by Gasteiger charge is -2.21. The third kappa shape index (κ3) is 2.79. The highest BCUT2D eigenvalue weighted by Gasteiger charge is 2.41. The molecule has 50 valence electrons. The third-order valence-corrected chi connectivity index (χ3v) is 8.01. The van der Waals surface area contributed by atoms with Gasteiger partial charge in [0.05, 0.1) is 0 Å². The van der Waals surface area contributed by atoms with E-state index in [1.54, 1.807) is 13.5 Å². The summed E-state index contributed by atoms with van der Waals surface area (Å²) in [5, 5.41) is 0. The smallest absolute Gasteiger partial charge is 0.143 e. The van der Waals surface area contributed by atoms with Crippen LogP contribution in [0.2, 0.25) is 6.55 Å². The van der Waals surface area contributed by atoms with Gasteiger partial charge in [-0.25, -0.2) is 0 Å². The summed E-state index contributed by atoms with van der Waals surface area (Å²) in [6.45, 7) is 0.893. The first-order valence-corrected chi connectivity index (χ1v) is 7.29. The molecule has 0 atom stereocenters. The molecule has 0 aromatic heterocycles. The summed E-state index contributed by atoms with van der Waals surface area (Å²) < 4.78 is -0.948. The van der Waals surface area contributed by atoms with Gasteiger partial charge in [-0.05, 0) is 13.5 Å². The van der Waals surface area contributed by atoms with Crippen LogP contribution in [-0.4, -0.2) is 10.7 Å². The highest BCUT2D eigenvalue weighted by molar-refractivity contribution is 7.49. The molecule has 0 unspecified atom stereocenters. The first-order chi connectivity index (χ1) is 3.25. The van der Waals surface area contributed by atoms with E-state index in [-0.39, 0.29) is 0 Å². The summed E-state index contributed by atoms with van der Waals surface area (Å²) in [5.41, 5.74) is 0. The second-order valence-electron chi connectivity index (χ2n) is 1.78. The van der Waals surface area contributed by atoms with Gasteiger partial charge in [0.1, 0.15) is 3.96 Å². The maximum atomic E-state index is 5.65. The Morgan fingerprint density at radius 1 is 1.25 bits per heavy atom. The van der Waals surface area contributed by atoms with Crippen LogP contribution in [0.1, 0.15) is 6.92 Å². The van der Waals surface area contributed by atoms with Crippen molar-refractivity contribution in [3.05, 3.63) is 0 Å². The number of halogens is 4. The van der Waals surface area contributed by atoms with Crippen LogP contribution >= 0.6 is 45.4 Å². The van der Waals surface area contributed by atoms with E-state index in [2.05, 4.69) is 0 Å². The van der Waals surface area contributed by atoms with E-state index in [0.29, 0.717) is 0 Å². The van der Waals surface area contributed by atoms with Crippen molar-refractivity contribution in [1.29, 1.82) is 0 Å². The molecule has 0 saturated carbocycles. The van der Waals surface area contributed by atoms with Crippen molar-refractivity contribution in [2.45, 2.75) is 17.4 Å². The molecular formula is C3H6Cl4Si. The van der Waals surface area contributed by atoms with Crippen molar-refractivity contribution in [3.8, 4) is 0 Å². The fourth-order valence-corrected chi connectivity index (χ4v) is 0. The Kier molecular flexibility index (Phi) is 2.99. The highest BCUT2D eigenvalue weighted by Crippen LogP contribution is 2.37. The topological polar surface area (TPSA) is 0 Å². The summed E-state index contributed by atoms with van der Waals surface area (Å²) in [6.07, 6.45) is 0. The monoisotopic (exact) mass is 210 g/mol. The predicted molar refractivity (Wildman–Crippen MR) is 43.4 cm³/mol. The number of rotatable bonds is 1. The summed E-state index contributed by atoms with van der Waals surface area (Å²) in [4.78, 5) is 0. The molecule has 0 aromatic rings. The van der Waals surface area contributed by atoms with Crippen molar-refractivity contribution < 1.29 is 0 Å². The van der Waals surface area contributed by atoms with Crippen LogP contribution in [0.5, 0.6) is 0 Å². The second kappa shape index (κ2) is 2.55. The third-order valence-electron chi connectivity index (χ3n) is 0.771. The zero-order valence-corrected chi connectivity index (χ0v) is 8.54. The van der Waals surface area contributed by atoms with Crippen LogP contribution in [-0.2, 0) is 0 Å². The Balaban J connectivity index is 4.02. The zero-order valence-electron chi connectivity index (χ0n) is 4.51. The largest absolute Gasteiger partial charge is 0.282 e. The van der Waals surface area contributed by atoms with Crippen molar-refractivity contribution in [2.75, 3.05) is 0 Å². The van der Waals surface area contributed by atoms with Gasteiger partial charge in [-0.2, -0.15) is 0 Å². The zero-order chi connectivity index (χ0) is 7.00. The fourth-order valence-electron chi connectivity index (χ4n) is 0. The average Bonchev–Trinajstić information content (AvgIpc) is 1.25. The Morgan fingerprint density at radius 2 is 1.38 bits per heavy atom. The van der Waals surface area contributed by atoms with E-state index in [0.717, 1.165) is 0 Å². The Hall–Kier alpha value is 1.38. The van der Waals surface area contributed by atoms with Gasteiger partial charge < -0.3 is 0 Å². The molecule has 8 heavy (non-hydrogen) atoms. The molecule has 0 aliphatic carbocycles. The molecule has 0 nitrogen and oxygen atoms in total. The molecule has 0 aliphatic rings. The van der Waals surface area contributed by atoms with Gasteiger partial charge in [0, 0.05) is 0 Å². The minimum atomic E-state index is -2.38. The minimum Gasteiger partial charge on any atom is -0.143 e.